The van der Waals surface area contributed by atoms with Crippen LogP contribution in [0.4, 0.5) is 17.1 Å². The van der Waals surface area contributed by atoms with Crippen molar-refractivity contribution in [3.8, 4) is 0 Å². The van der Waals surface area contributed by atoms with Crippen LogP contribution in [-0.4, -0.2) is 21.4 Å². The second-order valence-electron chi connectivity index (χ2n) is 8.88. The molecule has 0 aliphatic heterocycles. The van der Waals surface area contributed by atoms with Crippen LogP contribution in [0.2, 0.25) is 0 Å². The Morgan fingerprint density at radius 2 is 1.16 bits per heavy atom. The van der Waals surface area contributed by atoms with E-state index in [1.54, 1.807) is 20.8 Å². The normalized spacial score (nSPS) is 13.7. The zero-order valence-corrected chi connectivity index (χ0v) is 18.3. The number of anilines is 3. The molecule has 0 amide bonds. The summed E-state index contributed by atoms with van der Waals surface area (Å²) in [4.78, 5) is 2.23. The highest BCUT2D eigenvalue weighted by Crippen LogP contribution is 2.36. The quantitative estimate of drug-likeness (QED) is 0.387. The average molecular weight is 412 g/mol. The molecule has 0 aliphatic rings. The number of aliphatic hydroxyl groups is 2. The lowest BCUT2D eigenvalue weighted by atomic mass is 9.82. The molecule has 3 heteroatoms. The number of rotatable bonds is 6. The molecule has 4 aromatic carbocycles. The van der Waals surface area contributed by atoms with E-state index in [1.807, 2.05) is 30.3 Å². The van der Waals surface area contributed by atoms with Crippen molar-refractivity contribution in [2.75, 3.05) is 4.90 Å². The number of hydrogen-bond donors (Lipinski definition) is 2. The highest BCUT2D eigenvalue weighted by molar-refractivity contribution is 5.89. The van der Waals surface area contributed by atoms with E-state index in [0.29, 0.717) is 6.42 Å². The molecule has 0 aromatic heterocycles. The summed E-state index contributed by atoms with van der Waals surface area (Å²) in [5.74, 6) is 0. The Labute approximate surface area is 184 Å². The Morgan fingerprint density at radius 3 is 1.81 bits per heavy atom. The van der Waals surface area contributed by atoms with Crippen LogP contribution in [0, 0.1) is 0 Å². The Morgan fingerprint density at radius 1 is 0.613 bits per heavy atom. The lowest BCUT2D eigenvalue weighted by Crippen LogP contribution is -2.49. The summed E-state index contributed by atoms with van der Waals surface area (Å²) in [5, 5.41) is 23.4. The first kappa shape index (κ1) is 21.1. The molecule has 0 radical (unpaired) electrons. The smallest absolute Gasteiger partial charge is 0.0940 e. The van der Waals surface area contributed by atoms with Crippen LogP contribution in [0.5, 0.6) is 0 Å². The minimum Gasteiger partial charge on any atom is -0.387 e. The molecule has 0 fully saturated rings. The van der Waals surface area contributed by atoms with Crippen molar-refractivity contribution in [3.63, 3.8) is 0 Å². The highest BCUT2D eigenvalue weighted by atomic mass is 16.3. The molecule has 1 atom stereocenters. The standard InChI is InChI=1S/C28H29NO2/c1-27(2,30)28(3,31)20-21-13-16-25(17-14-21)29(24-11-5-4-6-12-24)26-18-15-22-9-7-8-10-23(22)19-26/h4-19,30-31H,20H2,1-3H3. The van der Waals surface area contributed by atoms with Gasteiger partial charge in [-0.1, -0.05) is 60.7 Å². The van der Waals surface area contributed by atoms with E-state index in [9.17, 15) is 10.2 Å². The number of benzene rings is 4. The van der Waals surface area contributed by atoms with Crippen LogP contribution in [0.15, 0.2) is 97.1 Å². The molecule has 0 bridgehead atoms. The first-order valence-corrected chi connectivity index (χ1v) is 10.6. The van der Waals surface area contributed by atoms with Gasteiger partial charge in [0.1, 0.15) is 0 Å². The van der Waals surface area contributed by atoms with E-state index >= 15 is 0 Å². The summed E-state index contributed by atoms with van der Waals surface area (Å²) in [5.41, 5.74) is 1.77. The SMILES string of the molecule is CC(C)(O)C(C)(O)Cc1ccc(N(c2ccccc2)c2ccc3ccccc3c2)cc1. The predicted octanol–water partition coefficient (Wildman–Crippen LogP) is 6.37. The number of fused-ring (bicyclic) bond motifs is 1. The molecule has 0 saturated carbocycles. The molecule has 0 spiro atoms. The fraction of sp³-hybridized carbons (Fsp3) is 0.214. The third-order valence-electron chi connectivity index (χ3n) is 6.07. The Kier molecular flexibility index (Phi) is 5.57. The van der Waals surface area contributed by atoms with E-state index in [-0.39, 0.29) is 0 Å². The summed E-state index contributed by atoms with van der Waals surface area (Å²) >= 11 is 0. The second kappa shape index (κ2) is 8.18. The average Bonchev–Trinajstić information content (AvgIpc) is 2.75. The van der Waals surface area contributed by atoms with Crippen molar-refractivity contribution in [2.45, 2.75) is 38.4 Å². The molecule has 3 nitrogen and oxygen atoms in total. The maximum absolute atomic E-state index is 10.7. The van der Waals surface area contributed by atoms with Gasteiger partial charge in [-0.15, -0.1) is 0 Å². The van der Waals surface area contributed by atoms with Gasteiger partial charge in [-0.25, -0.2) is 0 Å². The van der Waals surface area contributed by atoms with Gasteiger partial charge in [0.15, 0.2) is 0 Å². The Hall–Kier alpha value is -3.14. The summed E-state index contributed by atoms with van der Waals surface area (Å²) < 4.78 is 0. The third-order valence-corrected chi connectivity index (χ3v) is 6.07. The molecule has 0 heterocycles. The first-order valence-electron chi connectivity index (χ1n) is 10.6. The molecular weight excluding hydrogens is 382 g/mol. The van der Waals surface area contributed by atoms with Gasteiger partial charge >= 0.3 is 0 Å². The van der Waals surface area contributed by atoms with E-state index in [1.165, 1.54) is 10.8 Å². The molecule has 2 N–H and O–H groups in total. The van der Waals surface area contributed by atoms with Crippen molar-refractivity contribution >= 4 is 27.8 Å². The fourth-order valence-corrected chi connectivity index (χ4v) is 3.72. The second-order valence-corrected chi connectivity index (χ2v) is 8.88. The summed E-state index contributed by atoms with van der Waals surface area (Å²) in [6.45, 7) is 4.95. The van der Waals surface area contributed by atoms with Crippen LogP contribution in [0.25, 0.3) is 10.8 Å². The molecule has 0 saturated heterocycles. The number of hydrogen-bond acceptors (Lipinski definition) is 3. The number of nitrogens with zero attached hydrogens (tertiary/aromatic N) is 1. The van der Waals surface area contributed by atoms with E-state index in [0.717, 1.165) is 22.6 Å². The van der Waals surface area contributed by atoms with Crippen molar-refractivity contribution in [1.82, 2.24) is 0 Å². The predicted molar refractivity (Wildman–Crippen MR) is 129 cm³/mol. The molecule has 31 heavy (non-hydrogen) atoms. The van der Waals surface area contributed by atoms with Crippen LogP contribution in [0.3, 0.4) is 0 Å². The third kappa shape index (κ3) is 4.48. The minimum atomic E-state index is -1.22. The Bertz CT molecular complexity index is 1160. The van der Waals surface area contributed by atoms with Crippen LogP contribution in [0.1, 0.15) is 26.3 Å². The molecule has 0 aliphatic carbocycles. The fourth-order valence-electron chi connectivity index (χ4n) is 3.72. The van der Waals surface area contributed by atoms with Gasteiger partial charge in [0.05, 0.1) is 11.2 Å². The Balaban J connectivity index is 1.72. The van der Waals surface area contributed by atoms with Gasteiger partial charge in [0, 0.05) is 23.5 Å². The van der Waals surface area contributed by atoms with Gasteiger partial charge in [-0.05, 0) is 73.5 Å². The molecule has 1 unspecified atom stereocenters. The number of para-hydroxylation sites is 1. The summed E-state index contributed by atoms with van der Waals surface area (Å²) in [6.07, 6.45) is 0.373. The maximum Gasteiger partial charge on any atom is 0.0940 e. The first-order chi connectivity index (χ1) is 14.7. The minimum absolute atomic E-state index is 0.373. The topological polar surface area (TPSA) is 43.7 Å². The molecule has 4 rings (SSSR count). The lowest BCUT2D eigenvalue weighted by Gasteiger charge is -2.35. The van der Waals surface area contributed by atoms with Gasteiger partial charge < -0.3 is 15.1 Å². The van der Waals surface area contributed by atoms with Gasteiger partial charge in [0.25, 0.3) is 0 Å². The van der Waals surface area contributed by atoms with Gasteiger partial charge in [-0.3, -0.25) is 0 Å². The van der Waals surface area contributed by atoms with Crippen molar-refractivity contribution in [1.29, 1.82) is 0 Å². The zero-order valence-electron chi connectivity index (χ0n) is 18.3. The largest absolute Gasteiger partial charge is 0.387 e. The van der Waals surface area contributed by atoms with Gasteiger partial charge in [-0.2, -0.15) is 0 Å². The summed E-state index contributed by atoms with van der Waals surface area (Å²) in [6, 6.07) is 33.3. The van der Waals surface area contributed by atoms with E-state index in [2.05, 4.69) is 71.6 Å². The lowest BCUT2D eigenvalue weighted by molar-refractivity contribution is -0.118. The molecule has 4 aromatic rings. The van der Waals surface area contributed by atoms with Crippen molar-refractivity contribution in [3.05, 3.63) is 103 Å². The van der Waals surface area contributed by atoms with E-state index < -0.39 is 11.2 Å². The van der Waals surface area contributed by atoms with Gasteiger partial charge in [0.2, 0.25) is 0 Å². The monoisotopic (exact) mass is 411 g/mol. The highest BCUT2D eigenvalue weighted by Gasteiger charge is 2.37. The van der Waals surface area contributed by atoms with Crippen LogP contribution < -0.4 is 4.90 Å². The van der Waals surface area contributed by atoms with Crippen LogP contribution >= 0.6 is 0 Å². The van der Waals surface area contributed by atoms with E-state index in [4.69, 9.17) is 0 Å². The maximum atomic E-state index is 10.7. The van der Waals surface area contributed by atoms with Crippen LogP contribution in [-0.2, 0) is 6.42 Å². The zero-order chi connectivity index (χ0) is 22.1. The van der Waals surface area contributed by atoms with Crippen molar-refractivity contribution < 1.29 is 10.2 Å². The molecule has 158 valence electrons. The molecular formula is C28H29NO2. The summed E-state index contributed by atoms with van der Waals surface area (Å²) in [7, 11) is 0. The van der Waals surface area contributed by atoms with Crippen molar-refractivity contribution in [2.24, 2.45) is 0 Å².